The summed E-state index contributed by atoms with van der Waals surface area (Å²) in [7, 11) is 0. The Kier molecular flexibility index (Phi) is 6.35. The Morgan fingerprint density at radius 3 is 1.64 bits per heavy atom. The lowest BCUT2D eigenvalue weighted by Crippen LogP contribution is -2.31. The van der Waals surface area contributed by atoms with E-state index in [4.69, 9.17) is 9.47 Å². The zero-order valence-corrected chi connectivity index (χ0v) is 15.3. The summed E-state index contributed by atoms with van der Waals surface area (Å²) in [5, 5.41) is 3.48. The van der Waals surface area contributed by atoms with Crippen LogP contribution >= 0.6 is 0 Å². The van der Waals surface area contributed by atoms with E-state index >= 15 is 0 Å². The summed E-state index contributed by atoms with van der Waals surface area (Å²) >= 11 is 0. The highest BCUT2D eigenvalue weighted by atomic mass is 16.5. The third-order valence-corrected chi connectivity index (χ3v) is 4.96. The molecule has 3 rings (SSSR count). The summed E-state index contributed by atoms with van der Waals surface area (Å²) in [6, 6.07) is 17.3. The Morgan fingerprint density at radius 2 is 1.24 bits per heavy atom. The van der Waals surface area contributed by atoms with E-state index < -0.39 is 0 Å². The summed E-state index contributed by atoms with van der Waals surface area (Å²) < 4.78 is 11.2. The van der Waals surface area contributed by atoms with Crippen LogP contribution in [0.1, 0.15) is 43.7 Å². The normalized spacial score (nSPS) is 15.3. The number of benzene rings is 2. The van der Waals surface area contributed by atoms with Crippen molar-refractivity contribution in [3.63, 3.8) is 0 Å². The van der Waals surface area contributed by atoms with Crippen LogP contribution in [0, 0.1) is 5.92 Å². The Bertz CT molecular complexity index is 581. The number of hydrogen-bond donors (Lipinski definition) is 1. The molecular formula is C22H29NO2. The third-order valence-electron chi connectivity index (χ3n) is 4.96. The van der Waals surface area contributed by atoms with Gasteiger partial charge in [0.05, 0.1) is 13.2 Å². The van der Waals surface area contributed by atoms with Crippen LogP contribution < -0.4 is 14.8 Å². The lowest BCUT2D eigenvalue weighted by Gasteiger charge is -2.31. The predicted octanol–water partition coefficient (Wildman–Crippen LogP) is 4.62. The Hall–Kier alpha value is -2.00. The van der Waals surface area contributed by atoms with Gasteiger partial charge < -0.3 is 14.8 Å². The van der Waals surface area contributed by atoms with Crippen LogP contribution in [0.25, 0.3) is 0 Å². The summed E-state index contributed by atoms with van der Waals surface area (Å²) in [5.74, 6) is 2.98. The maximum atomic E-state index is 5.61. The first-order valence-electron chi connectivity index (χ1n) is 9.48. The first-order valence-corrected chi connectivity index (χ1v) is 9.48. The molecule has 0 spiro atoms. The topological polar surface area (TPSA) is 30.5 Å². The van der Waals surface area contributed by atoms with Gasteiger partial charge in [-0.2, -0.15) is 0 Å². The average molecular weight is 339 g/mol. The minimum atomic E-state index is 0.424. The highest BCUT2D eigenvalue weighted by Crippen LogP contribution is 2.38. The molecule has 1 aliphatic rings. The Labute approximate surface area is 151 Å². The molecule has 2 aromatic carbocycles. The zero-order valence-electron chi connectivity index (χ0n) is 15.3. The molecule has 0 saturated carbocycles. The number of hydrogen-bond acceptors (Lipinski definition) is 3. The molecule has 2 aromatic rings. The van der Waals surface area contributed by atoms with Crippen molar-refractivity contribution >= 4 is 0 Å². The molecule has 25 heavy (non-hydrogen) atoms. The molecule has 1 aliphatic heterocycles. The fraction of sp³-hybridized carbons (Fsp3) is 0.455. The second kappa shape index (κ2) is 8.91. The molecule has 3 nitrogen and oxygen atoms in total. The standard InChI is InChI=1S/C22H29NO2/c1-3-24-20-9-5-17(6-10-20)22(19-13-15-23-16-14-19)18-7-11-21(12-8-18)25-4-2/h5-12,19,22-23H,3-4,13-16H2,1-2H3. The van der Waals surface area contributed by atoms with Crippen molar-refractivity contribution in [1.29, 1.82) is 0 Å². The molecule has 0 amide bonds. The fourth-order valence-corrected chi connectivity index (χ4v) is 3.79. The number of piperidine rings is 1. The van der Waals surface area contributed by atoms with Crippen LogP contribution in [0.5, 0.6) is 11.5 Å². The number of ether oxygens (including phenoxy) is 2. The van der Waals surface area contributed by atoms with E-state index in [0.717, 1.165) is 24.6 Å². The summed E-state index contributed by atoms with van der Waals surface area (Å²) in [4.78, 5) is 0. The first kappa shape index (κ1) is 17.8. The zero-order chi connectivity index (χ0) is 17.5. The highest BCUT2D eigenvalue weighted by Gasteiger charge is 2.26. The van der Waals surface area contributed by atoms with Crippen LogP contribution in [0.15, 0.2) is 48.5 Å². The van der Waals surface area contributed by atoms with Gasteiger partial charge in [0.2, 0.25) is 0 Å². The highest BCUT2D eigenvalue weighted by molar-refractivity contribution is 5.39. The SMILES string of the molecule is CCOc1ccc(C(c2ccc(OCC)cc2)C2CCNCC2)cc1. The molecule has 0 aromatic heterocycles. The smallest absolute Gasteiger partial charge is 0.119 e. The quantitative estimate of drug-likeness (QED) is 0.799. The Morgan fingerprint density at radius 1 is 0.800 bits per heavy atom. The number of rotatable bonds is 7. The lowest BCUT2D eigenvalue weighted by atomic mass is 9.76. The fourth-order valence-electron chi connectivity index (χ4n) is 3.79. The van der Waals surface area contributed by atoms with Crippen molar-refractivity contribution < 1.29 is 9.47 Å². The van der Waals surface area contributed by atoms with Gasteiger partial charge in [0.15, 0.2) is 0 Å². The molecule has 1 heterocycles. The molecule has 0 unspecified atom stereocenters. The van der Waals surface area contributed by atoms with E-state index in [1.165, 1.54) is 24.0 Å². The van der Waals surface area contributed by atoms with Gasteiger partial charge in [-0.3, -0.25) is 0 Å². The second-order valence-electron chi connectivity index (χ2n) is 6.57. The Balaban J connectivity index is 1.88. The summed E-state index contributed by atoms with van der Waals surface area (Å²) in [5.41, 5.74) is 2.75. The minimum Gasteiger partial charge on any atom is -0.494 e. The van der Waals surface area contributed by atoms with Crippen molar-refractivity contribution in [2.45, 2.75) is 32.6 Å². The molecule has 1 N–H and O–H groups in total. The molecular weight excluding hydrogens is 310 g/mol. The summed E-state index contributed by atoms with van der Waals surface area (Å²) in [6.07, 6.45) is 2.43. The van der Waals surface area contributed by atoms with Crippen LogP contribution in [-0.4, -0.2) is 26.3 Å². The van der Waals surface area contributed by atoms with E-state index in [9.17, 15) is 0 Å². The monoisotopic (exact) mass is 339 g/mol. The predicted molar refractivity (Wildman–Crippen MR) is 103 cm³/mol. The van der Waals surface area contributed by atoms with E-state index in [0.29, 0.717) is 25.0 Å². The van der Waals surface area contributed by atoms with Crippen LogP contribution in [0.3, 0.4) is 0 Å². The van der Waals surface area contributed by atoms with Crippen LogP contribution in [0.2, 0.25) is 0 Å². The maximum absolute atomic E-state index is 5.61. The molecule has 134 valence electrons. The van der Waals surface area contributed by atoms with E-state index in [1.807, 2.05) is 13.8 Å². The molecule has 1 saturated heterocycles. The van der Waals surface area contributed by atoms with E-state index in [-0.39, 0.29) is 0 Å². The van der Waals surface area contributed by atoms with Crippen LogP contribution in [-0.2, 0) is 0 Å². The number of nitrogens with one attached hydrogen (secondary N) is 1. The van der Waals surface area contributed by atoms with Crippen molar-refractivity contribution in [3.05, 3.63) is 59.7 Å². The van der Waals surface area contributed by atoms with E-state index in [1.54, 1.807) is 0 Å². The van der Waals surface area contributed by atoms with Gasteiger partial charge in [-0.1, -0.05) is 24.3 Å². The van der Waals surface area contributed by atoms with E-state index in [2.05, 4.69) is 53.8 Å². The molecule has 0 atom stereocenters. The molecule has 0 bridgehead atoms. The molecule has 0 aliphatic carbocycles. The first-order chi connectivity index (χ1) is 12.3. The molecule has 1 fully saturated rings. The van der Waals surface area contributed by atoms with Gasteiger partial charge in [-0.05, 0) is 81.1 Å². The summed E-state index contributed by atoms with van der Waals surface area (Å²) in [6.45, 7) is 7.66. The van der Waals surface area contributed by atoms with Gasteiger partial charge in [-0.25, -0.2) is 0 Å². The minimum absolute atomic E-state index is 0.424. The van der Waals surface area contributed by atoms with Gasteiger partial charge in [-0.15, -0.1) is 0 Å². The van der Waals surface area contributed by atoms with Gasteiger partial charge in [0.1, 0.15) is 11.5 Å². The molecule has 3 heteroatoms. The van der Waals surface area contributed by atoms with Crippen LogP contribution in [0.4, 0.5) is 0 Å². The average Bonchev–Trinajstić information content (AvgIpc) is 2.66. The largest absolute Gasteiger partial charge is 0.494 e. The van der Waals surface area contributed by atoms with Crippen molar-refractivity contribution in [2.75, 3.05) is 26.3 Å². The van der Waals surface area contributed by atoms with Gasteiger partial charge in [0.25, 0.3) is 0 Å². The second-order valence-corrected chi connectivity index (χ2v) is 6.57. The van der Waals surface area contributed by atoms with Gasteiger partial charge >= 0.3 is 0 Å². The van der Waals surface area contributed by atoms with Crippen molar-refractivity contribution in [3.8, 4) is 11.5 Å². The van der Waals surface area contributed by atoms with Gasteiger partial charge in [0, 0.05) is 5.92 Å². The lowest BCUT2D eigenvalue weighted by molar-refractivity contribution is 0.334. The van der Waals surface area contributed by atoms with Crippen molar-refractivity contribution in [2.24, 2.45) is 5.92 Å². The molecule has 0 radical (unpaired) electrons. The third kappa shape index (κ3) is 4.55. The maximum Gasteiger partial charge on any atom is 0.119 e. The van der Waals surface area contributed by atoms with Crippen molar-refractivity contribution in [1.82, 2.24) is 5.32 Å².